The number of aryl methyl sites for hydroxylation is 2. The number of halogens is 1. The van der Waals surface area contributed by atoms with Crippen molar-refractivity contribution in [2.24, 2.45) is 0 Å². The zero-order valence-corrected chi connectivity index (χ0v) is 22.0. The van der Waals surface area contributed by atoms with Crippen molar-refractivity contribution >= 4 is 58.2 Å². The van der Waals surface area contributed by atoms with Crippen LogP contribution in [-0.4, -0.2) is 29.0 Å². The van der Waals surface area contributed by atoms with Gasteiger partial charge in [0.05, 0.1) is 5.69 Å². The van der Waals surface area contributed by atoms with Crippen LogP contribution in [0.25, 0.3) is 6.08 Å². The molecule has 2 amide bonds. The third kappa shape index (κ3) is 4.14. The van der Waals surface area contributed by atoms with Gasteiger partial charge in [-0.3, -0.25) is 19.8 Å². The van der Waals surface area contributed by atoms with E-state index < -0.39 is 11.8 Å². The Morgan fingerprint density at radius 1 is 1.18 bits per heavy atom. The standard InChI is InChI=1S/C27H30ClN3O2S/c1-7-30-23-13-21(28)18(11-19(23)17(4)14-27(30,5)6)12-20-24(32)29-26(34)31(25(20)33)22-9-8-15(2)10-16(22)3/h8-13,17H,7,14H2,1-6H3,(H,29,32,34)/b20-12-. The summed E-state index contributed by atoms with van der Waals surface area (Å²) in [6.45, 7) is 13.6. The first-order valence-corrected chi connectivity index (χ1v) is 12.3. The summed E-state index contributed by atoms with van der Waals surface area (Å²) in [6, 6.07) is 9.72. The number of carbonyl (C=O) groups excluding carboxylic acids is 2. The highest BCUT2D eigenvalue weighted by Gasteiger charge is 2.37. The molecular formula is C27H30ClN3O2S. The third-order valence-corrected chi connectivity index (χ3v) is 7.43. The number of anilines is 2. The number of amides is 2. The molecule has 178 valence electrons. The Hall–Kier alpha value is -2.70. The van der Waals surface area contributed by atoms with Crippen molar-refractivity contribution in [1.82, 2.24) is 5.32 Å². The molecule has 2 heterocycles. The van der Waals surface area contributed by atoms with Crippen LogP contribution in [0, 0.1) is 13.8 Å². The van der Waals surface area contributed by atoms with Crippen LogP contribution in [0.3, 0.4) is 0 Å². The fourth-order valence-corrected chi connectivity index (χ4v) is 5.80. The smallest absolute Gasteiger partial charge is 0.270 e. The van der Waals surface area contributed by atoms with Crippen LogP contribution in [0.1, 0.15) is 62.3 Å². The van der Waals surface area contributed by atoms with Gasteiger partial charge < -0.3 is 4.90 Å². The summed E-state index contributed by atoms with van der Waals surface area (Å²) in [5, 5.41) is 3.24. The Kier molecular flexibility index (Phi) is 6.34. The first-order chi connectivity index (χ1) is 15.9. The van der Waals surface area contributed by atoms with E-state index in [1.165, 1.54) is 10.5 Å². The van der Waals surface area contributed by atoms with Gasteiger partial charge >= 0.3 is 0 Å². The van der Waals surface area contributed by atoms with E-state index in [4.69, 9.17) is 23.8 Å². The predicted octanol–water partition coefficient (Wildman–Crippen LogP) is 5.90. The monoisotopic (exact) mass is 495 g/mol. The van der Waals surface area contributed by atoms with Gasteiger partial charge in [-0.2, -0.15) is 0 Å². The minimum atomic E-state index is -0.519. The highest BCUT2D eigenvalue weighted by Crippen LogP contribution is 2.45. The average molecular weight is 496 g/mol. The Labute approximate surface area is 211 Å². The zero-order valence-electron chi connectivity index (χ0n) is 20.5. The lowest BCUT2D eigenvalue weighted by molar-refractivity contribution is -0.122. The molecule has 7 heteroatoms. The van der Waals surface area contributed by atoms with Crippen LogP contribution in [0.4, 0.5) is 11.4 Å². The van der Waals surface area contributed by atoms with Crippen LogP contribution in [0.15, 0.2) is 35.9 Å². The van der Waals surface area contributed by atoms with E-state index in [1.807, 2.05) is 44.2 Å². The molecule has 0 spiro atoms. The van der Waals surface area contributed by atoms with Crippen molar-refractivity contribution in [3.8, 4) is 0 Å². The number of thiocarbonyl (C=S) groups is 1. The number of carbonyl (C=O) groups is 2. The topological polar surface area (TPSA) is 52.7 Å². The molecule has 5 nitrogen and oxygen atoms in total. The Bertz CT molecular complexity index is 1250. The number of benzene rings is 2. The van der Waals surface area contributed by atoms with E-state index in [-0.39, 0.29) is 16.2 Å². The van der Waals surface area contributed by atoms with E-state index in [9.17, 15) is 9.59 Å². The molecule has 34 heavy (non-hydrogen) atoms. The fourth-order valence-electron chi connectivity index (χ4n) is 5.32. The summed E-state index contributed by atoms with van der Waals surface area (Å²) < 4.78 is 0. The van der Waals surface area contributed by atoms with Crippen molar-refractivity contribution in [2.45, 2.75) is 59.4 Å². The van der Waals surface area contributed by atoms with Crippen LogP contribution >= 0.6 is 23.8 Å². The molecule has 0 bridgehead atoms. The second kappa shape index (κ2) is 8.82. The number of nitrogens with zero attached hydrogens (tertiary/aromatic N) is 2. The molecule has 1 fully saturated rings. The van der Waals surface area contributed by atoms with E-state index in [2.05, 4.69) is 37.9 Å². The molecule has 0 aliphatic carbocycles. The van der Waals surface area contributed by atoms with E-state index in [1.54, 1.807) is 6.08 Å². The van der Waals surface area contributed by atoms with Crippen LogP contribution < -0.4 is 15.1 Å². The molecule has 0 aromatic heterocycles. The first kappa shape index (κ1) is 24.4. The van der Waals surface area contributed by atoms with Gasteiger partial charge in [0.1, 0.15) is 5.57 Å². The zero-order chi connectivity index (χ0) is 24.9. The predicted molar refractivity (Wildman–Crippen MR) is 144 cm³/mol. The maximum absolute atomic E-state index is 13.5. The van der Waals surface area contributed by atoms with Crippen molar-refractivity contribution < 1.29 is 9.59 Å². The second-order valence-electron chi connectivity index (χ2n) is 9.84. The fraction of sp³-hybridized carbons (Fsp3) is 0.370. The molecule has 2 aliphatic rings. The number of hydrogen-bond donors (Lipinski definition) is 1. The van der Waals surface area contributed by atoms with Gasteiger partial charge in [-0.15, -0.1) is 0 Å². The summed E-state index contributed by atoms with van der Waals surface area (Å²) in [6.07, 6.45) is 2.58. The SMILES string of the molecule is CCN1c2cc(Cl)c(/C=C3/C(=O)NC(=S)N(c4ccc(C)cc4C)C3=O)cc2C(C)CC1(C)C. The normalized spacial score (nSPS) is 21.1. The van der Waals surface area contributed by atoms with Crippen molar-refractivity contribution in [3.63, 3.8) is 0 Å². The lowest BCUT2D eigenvalue weighted by atomic mass is 9.79. The molecule has 2 aromatic carbocycles. The summed E-state index contributed by atoms with van der Waals surface area (Å²) in [7, 11) is 0. The second-order valence-corrected chi connectivity index (χ2v) is 10.6. The van der Waals surface area contributed by atoms with Gasteiger partial charge in [-0.05, 0) is 100 Å². The van der Waals surface area contributed by atoms with E-state index in [0.29, 0.717) is 22.2 Å². The minimum Gasteiger partial charge on any atom is -0.366 e. The van der Waals surface area contributed by atoms with E-state index >= 15 is 0 Å². The highest BCUT2D eigenvalue weighted by molar-refractivity contribution is 7.80. The molecule has 0 saturated carbocycles. The molecular weight excluding hydrogens is 466 g/mol. The maximum atomic E-state index is 13.5. The van der Waals surface area contributed by atoms with Gasteiger partial charge in [-0.1, -0.05) is 36.2 Å². The molecule has 0 radical (unpaired) electrons. The Balaban J connectivity index is 1.79. The largest absolute Gasteiger partial charge is 0.366 e. The summed E-state index contributed by atoms with van der Waals surface area (Å²) >= 11 is 12.1. The van der Waals surface area contributed by atoms with Crippen molar-refractivity contribution in [2.75, 3.05) is 16.3 Å². The van der Waals surface area contributed by atoms with Gasteiger partial charge in [-0.25, -0.2) is 0 Å². The van der Waals surface area contributed by atoms with Crippen LogP contribution in [0.2, 0.25) is 5.02 Å². The lowest BCUT2D eigenvalue weighted by Gasteiger charge is -2.47. The first-order valence-electron chi connectivity index (χ1n) is 11.5. The molecule has 2 aromatic rings. The number of nitrogens with one attached hydrogen (secondary N) is 1. The van der Waals surface area contributed by atoms with Gasteiger partial charge in [0.2, 0.25) is 0 Å². The number of fused-ring (bicyclic) bond motifs is 1. The van der Waals surface area contributed by atoms with Gasteiger partial charge in [0, 0.05) is 22.8 Å². The maximum Gasteiger partial charge on any atom is 0.270 e. The molecule has 1 saturated heterocycles. The minimum absolute atomic E-state index is 0.00608. The van der Waals surface area contributed by atoms with Crippen molar-refractivity contribution in [1.29, 1.82) is 0 Å². The average Bonchev–Trinajstić information content (AvgIpc) is 2.72. The number of rotatable bonds is 3. The van der Waals surface area contributed by atoms with Crippen LogP contribution in [-0.2, 0) is 9.59 Å². The summed E-state index contributed by atoms with van der Waals surface area (Å²) in [5.41, 5.74) is 5.58. The quantitative estimate of drug-likeness (QED) is 0.327. The summed E-state index contributed by atoms with van der Waals surface area (Å²) in [4.78, 5) is 30.1. The molecule has 1 N–H and O–H groups in total. The van der Waals surface area contributed by atoms with Gasteiger partial charge in [0.15, 0.2) is 5.11 Å². The van der Waals surface area contributed by atoms with Gasteiger partial charge in [0.25, 0.3) is 11.8 Å². The number of hydrogen-bond acceptors (Lipinski definition) is 4. The van der Waals surface area contributed by atoms with E-state index in [0.717, 1.165) is 29.8 Å². The Morgan fingerprint density at radius 3 is 2.53 bits per heavy atom. The van der Waals surface area contributed by atoms with Crippen LogP contribution in [0.5, 0.6) is 0 Å². The van der Waals surface area contributed by atoms with Crippen molar-refractivity contribution in [3.05, 3.63) is 63.2 Å². The molecule has 4 rings (SSSR count). The molecule has 1 atom stereocenters. The third-order valence-electron chi connectivity index (χ3n) is 6.82. The molecule has 1 unspecified atom stereocenters. The Morgan fingerprint density at radius 2 is 1.88 bits per heavy atom. The molecule has 2 aliphatic heterocycles. The highest BCUT2D eigenvalue weighted by atomic mass is 35.5. The lowest BCUT2D eigenvalue weighted by Crippen LogP contribution is -2.54. The summed E-state index contributed by atoms with van der Waals surface area (Å²) in [5.74, 6) is -0.662.